The van der Waals surface area contributed by atoms with E-state index in [1.54, 1.807) is 37.4 Å². The number of aromatic nitrogens is 1. The maximum atomic E-state index is 12.3. The molecule has 1 rings (SSSR count). The standard InChI is InChI=1S/C13H20N2O3/c1-11-10-12(4-5-14-11)13(16)15(6-8-17-2)7-9-18-3/h4-5,10H,6-9H2,1-3H3. The summed E-state index contributed by atoms with van der Waals surface area (Å²) >= 11 is 0. The minimum Gasteiger partial charge on any atom is -0.383 e. The summed E-state index contributed by atoms with van der Waals surface area (Å²) in [5, 5.41) is 0. The van der Waals surface area contributed by atoms with Gasteiger partial charge < -0.3 is 14.4 Å². The number of amides is 1. The topological polar surface area (TPSA) is 51.7 Å². The Labute approximate surface area is 108 Å². The molecule has 1 aromatic rings. The molecule has 0 spiro atoms. The molecule has 0 saturated heterocycles. The molecule has 100 valence electrons. The molecular weight excluding hydrogens is 232 g/mol. The normalized spacial score (nSPS) is 10.4. The number of hydrogen-bond donors (Lipinski definition) is 0. The molecule has 0 unspecified atom stereocenters. The van der Waals surface area contributed by atoms with Crippen LogP contribution in [0.2, 0.25) is 0 Å². The van der Waals surface area contributed by atoms with Crippen molar-refractivity contribution in [2.75, 3.05) is 40.5 Å². The third-order valence-electron chi connectivity index (χ3n) is 2.56. The number of nitrogens with zero attached hydrogens (tertiary/aromatic N) is 2. The highest BCUT2D eigenvalue weighted by molar-refractivity contribution is 5.94. The summed E-state index contributed by atoms with van der Waals surface area (Å²) in [6.45, 7) is 4.00. The summed E-state index contributed by atoms with van der Waals surface area (Å²) < 4.78 is 10.0. The quantitative estimate of drug-likeness (QED) is 0.730. The van der Waals surface area contributed by atoms with Crippen LogP contribution in [-0.4, -0.2) is 56.3 Å². The second kappa shape index (κ2) is 7.79. The van der Waals surface area contributed by atoms with Gasteiger partial charge in [0.15, 0.2) is 0 Å². The number of ether oxygens (including phenoxy) is 2. The van der Waals surface area contributed by atoms with Crippen LogP contribution in [0.1, 0.15) is 16.1 Å². The molecule has 0 bridgehead atoms. The lowest BCUT2D eigenvalue weighted by atomic mass is 10.2. The van der Waals surface area contributed by atoms with Crippen LogP contribution in [-0.2, 0) is 9.47 Å². The van der Waals surface area contributed by atoms with Crippen molar-refractivity contribution >= 4 is 5.91 Å². The first kappa shape index (κ1) is 14.6. The average Bonchev–Trinajstić information content (AvgIpc) is 2.38. The van der Waals surface area contributed by atoms with Crippen LogP contribution in [0.25, 0.3) is 0 Å². The van der Waals surface area contributed by atoms with Crippen molar-refractivity contribution in [3.05, 3.63) is 29.6 Å². The number of methoxy groups -OCH3 is 2. The molecule has 0 aromatic carbocycles. The predicted octanol–water partition coefficient (Wildman–Crippen LogP) is 1.13. The molecule has 18 heavy (non-hydrogen) atoms. The Balaban J connectivity index is 2.73. The maximum Gasteiger partial charge on any atom is 0.254 e. The minimum absolute atomic E-state index is 0.0189. The number of rotatable bonds is 7. The summed E-state index contributed by atoms with van der Waals surface area (Å²) in [7, 11) is 3.24. The van der Waals surface area contributed by atoms with E-state index in [4.69, 9.17) is 9.47 Å². The summed E-state index contributed by atoms with van der Waals surface area (Å²) in [6.07, 6.45) is 1.65. The van der Waals surface area contributed by atoms with E-state index in [0.717, 1.165) is 5.69 Å². The highest BCUT2D eigenvalue weighted by Crippen LogP contribution is 2.06. The molecule has 0 aliphatic carbocycles. The maximum absolute atomic E-state index is 12.3. The third kappa shape index (κ3) is 4.43. The third-order valence-corrected chi connectivity index (χ3v) is 2.56. The van der Waals surface area contributed by atoms with Crippen molar-refractivity contribution in [1.29, 1.82) is 0 Å². The highest BCUT2D eigenvalue weighted by Gasteiger charge is 2.15. The summed E-state index contributed by atoms with van der Waals surface area (Å²) in [4.78, 5) is 18.1. The first-order valence-corrected chi connectivity index (χ1v) is 5.89. The van der Waals surface area contributed by atoms with Crippen LogP contribution in [0.15, 0.2) is 18.3 Å². The zero-order valence-corrected chi connectivity index (χ0v) is 11.2. The van der Waals surface area contributed by atoms with Gasteiger partial charge in [-0.25, -0.2) is 0 Å². The molecule has 0 atom stereocenters. The largest absolute Gasteiger partial charge is 0.383 e. The summed E-state index contributed by atoms with van der Waals surface area (Å²) in [5.74, 6) is -0.0189. The first-order valence-electron chi connectivity index (χ1n) is 5.89. The Hall–Kier alpha value is -1.46. The van der Waals surface area contributed by atoms with Crippen molar-refractivity contribution in [2.24, 2.45) is 0 Å². The predicted molar refractivity (Wildman–Crippen MR) is 68.6 cm³/mol. The molecule has 1 heterocycles. The van der Waals surface area contributed by atoms with Gasteiger partial charge in [0, 0.05) is 44.8 Å². The molecule has 5 heteroatoms. The van der Waals surface area contributed by atoms with Crippen molar-refractivity contribution in [3.8, 4) is 0 Å². The van der Waals surface area contributed by atoms with Crippen LogP contribution in [0.5, 0.6) is 0 Å². The van der Waals surface area contributed by atoms with Gasteiger partial charge in [-0.1, -0.05) is 0 Å². The molecule has 0 N–H and O–H groups in total. The zero-order chi connectivity index (χ0) is 13.4. The van der Waals surface area contributed by atoms with Crippen LogP contribution >= 0.6 is 0 Å². The van der Waals surface area contributed by atoms with E-state index in [1.165, 1.54) is 0 Å². The molecule has 0 aliphatic rings. The molecule has 1 aromatic heterocycles. The summed E-state index contributed by atoms with van der Waals surface area (Å²) in [5.41, 5.74) is 1.48. The number of carbonyl (C=O) groups is 1. The molecule has 0 radical (unpaired) electrons. The second-order valence-corrected chi connectivity index (χ2v) is 3.96. The van der Waals surface area contributed by atoms with Crippen LogP contribution in [0, 0.1) is 6.92 Å². The molecule has 0 aliphatic heterocycles. The monoisotopic (exact) mass is 252 g/mol. The lowest BCUT2D eigenvalue weighted by molar-refractivity contribution is 0.0627. The van der Waals surface area contributed by atoms with Crippen molar-refractivity contribution in [1.82, 2.24) is 9.88 Å². The fourth-order valence-electron chi connectivity index (χ4n) is 1.58. The number of pyridine rings is 1. The molecule has 1 amide bonds. The van der Waals surface area contributed by atoms with E-state index in [9.17, 15) is 4.79 Å². The smallest absolute Gasteiger partial charge is 0.254 e. The van der Waals surface area contributed by atoms with E-state index in [1.807, 2.05) is 6.92 Å². The average molecular weight is 252 g/mol. The Bertz CT molecular complexity index is 374. The van der Waals surface area contributed by atoms with E-state index in [-0.39, 0.29) is 5.91 Å². The van der Waals surface area contributed by atoms with E-state index >= 15 is 0 Å². The Morgan fingerprint density at radius 2 is 1.89 bits per heavy atom. The Kier molecular flexibility index (Phi) is 6.32. The van der Waals surface area contributed by atoms with Crippen molar-refractivity contribution in [2.45, 2.75) is 6.92 Å². The number of hydrogen-bond acceptors (Lipinski definition) is 4. The Morgan fingerprint density at radius 1 is 1.28 bits per heavy atom. The van der Waals surface area contributed by atoms with Gasteiger partial charge in [-0.3, -0.25) is 9.78 Å². The lowest BCUT2D eigenvalue weighted by Gasteiger charge is -2.22. The van der Waals surface area contributed by atoms with Crippen LogP contribution in [0.3, 0.4) is 0 Å². The van der Waals surface area contributed by atoms with E-state index < -0.39 is 0 Å². The molecule has 0 fully saturated rings. The summed E-state index contributed by atoms with van der Waals surface area (Å²) in [6, 6.07) is 3.51. The molecule has 5 nitrogen and oxygen atoms in total. The van der Waals surface area contributed by atoms with Crippen LogP contribution in [0.4, 0.5) is 0 Å². The van der Waals surface area contributed by atoms with Gasteiger partial charge in [-0.15, -0.1) is 0 Å². The fourth-order valence-corrected chi connectivity index (χ4v) is 1.58. The van der Waals surface area contributed by atoms with Crippen molar-refractivity contribution in [3.63, 3.8) is 0 Å². The zero-order valence-electron chi connectivity index (χ0n) is 11.2. The van der Waals surface area contributed by atoms with Gasteiger partial charge in [0.25, 0.3) is 5.91 Å². The van der Waals surface area contributed by atoms with Gasteiger partial charge in [-0.2, -0.15) is 0 Å². The lowest BCUT2D eigenvalue weighted by Crippen LogP contribution is -2.36. The number of aryl methyl sites for hydroxylation is 1. The molecular formula is C13H20N2O3. The minimum atomic E-state index is -0.0189. The second-order valence-electron chi connectivity index (χ2n) is 3.96. The van der Waals surface area contributed by atoms with Gasteiger partial charge in [0.05, 0.1) is 13.2 Å². The highest BCUT2D eigenvalue weighted by atomic mass is 16.5. The van der Waals surface area contributed by atoms with Crippen molar-refractivity contribution < 1.29 is 14.3 Å². The SMILES string of the molecule is COCCN(CCOC)C(=O)c1ccnc(C)c1. The van der Waals surface area contributed by atoms with Gasteiger partial charge in [0.1, 0.15) is 0 Å². The fraction of sp³-hybridized carbons (Fsp3) is 0.538. The van der Waals surface area contributed by atoms with Gasteiger partial charge in [-0.05, 0) is 19.1 Å². The van der Waals surface area contributed by atoms with E-state index in [0.29, 0.717) is 31.9 Å². The Morgan fingerprint density at radius 3 is 2.39 bits per heavy atom. The molecule has 0 saturated carbocycles. The van der Waals surface area contributed by atoms with E-state index in [2.05, 4.69) is 4.98 Å². The van der Waals surface area contributed by atoms with Gasteiger partial charge in [0.2, 0.25) is 0 Å². The van der Waals surface area contributed by atoms with Crippen LogP contribution < -0.4 is 0 Å². The van der Waals surface area contributed by atoms with Gasteiger partial charge >= 0.3 is 0 Å². The number of carbonyl (C=O) groups excluding carboxylic acids is 1. The first-order chi connectivity index (χ1) is 8.69.